The topological polar surface area (TPSA) is 46.5 Å². The Balaban J connectivity index is 1.62. The lowest BCUT2D eigenvalue weighted by molar-refractivity contribution is 0.0236. The van der Waals surface area contributed by atoms with Gasteiger partial charge in [0.15, 0.2) is 0 Å². The van der Waals surface area contributed by atoms with E-state index in [4.69, 9.17) is 4.74 Å². The second kappa shape index (κ2) is 12.9. The van der Waals surface area contributed by atoms with Gasteiger partial charge in [-0.3, -0.25) is 0 Å². The predicted molar refractivity (Wildman–Crippen MR) is 160 cm³/mol. The van der Waals surface area contributed by atoms with Gasteiger partial charge in [-0.15, -0.1) is 0 Å². The van der Waals surface area contributed by atoms with Crippen LogP contribution in [-0.4, -0.2) is 10.8 Å². The Bertz CT molecular complexity index is 1420. The largest absolute Gasteiger partial charge is 0.388 e. The van der Waals surface area contributed by atoms with Crippen molar-refractivity contribution in [1.82, 2.24) is 0 Å². The summed E-state index contributed by atoms with van der Waals surface area (Å²) in [5, 5.41) is 13.4. The van der Waals surface area contributed by atoms with Crippen LogP contribution >= 0.6 is 7.14 Å². The number of rotatable bonds is 11. The number of ether oxygens (including phenoxy) is 1. The molecule has 196 valence electrons. The maximum absolute atomic E-state index is 15.6. The lowest BCUT2D eigenvalue weighted by Gasteiger charge is -2.35. The van der Waals surface area contributed by atoms with Crippen molar-refractivity contribution >= 4 is 17.8 Å². The van der Waals surface area contributed by atoms with Crippen LogP contribution in [0.25, 0.3) is 0 Å². The molecule has 0 saturated heterocycles. The molecule has 3 nitrogen and oxygen atoms in total. The van der Waals surface area contributed by atoms with Gasteiger partial charge in [-0.05, 0) is 23.1 Å². The van der Waals surface area contributed by atoms with Crippen LogP contribution in [0.5, 0.6) is 0 Å². The normalized spacial score (nSPS) is 13.9. The Kier molecular flexibility index (Phi) is 8.85. The molecule has 1 N–H and O–H groups in total. The van der Waals surface area contributed by atoms with E-state index >= 15 is 4.57 Å². The second-order valence-electron chi connectivity index (χ2n) is 9.68. The van der Waals surface area contributed by atoms with Crippen LogP contribution in [0.15, 0.2) is 152 Å². The summed E-state index contributed by atoms with van der Waals surface area (Å²) >= 11 is 0. The first-order chi connectivity index (χ1) is 19.2. The van der Waals surface area contributed by atoms with Gasteiger partial charge in [0.05, 0.1) is 24.5 Å². The Morgan fingerprint density at radius 2 is 0.974 bits per heavy atom. The summed E-state index contributed by atoms with van der Waals surface area (Å²) in [6, 6.07) is 48.8. The molecular weight excluding hydrogens is 499 g/mol. The van der Waals surface area contributed by atoms with Gasteiger partial charge in [-0.25, -0.2) is 0 Å². The molecule has 0 spiro atoms. The molecule has 5 aromatic carbocycles. The number of hydrogen-bond acceptors (Lipinski definition) is 3. The Morgan fingerprint density at radius 3 is 1.46 bits per heavy atom. The molecule has 0 aliphatic heterocycles. The highest BCUT2D eigenvalue weighted by atomic mass is 31.2. The van der Waals surface area contributed by atoms with Gasteiger partial charge < -0.3 is 14.4 Å². The molecular formula is C35H33O3P. The third-order valence-corrected chi connectivity index (χ3v) is 10.7. The molecule has 5 aromatic rings. The number of aliphatic hydroxyl groups excluding tert-OH is 1. The van der Waals surface area contributed by atoms with Crippen LogP contribution in [0.3, 0.4) is 0 Å². The SMILES string of the molecule is O=P(c1ccccc1)(c1ccccc1)[C@H](C[C@H](OCc1ccccc1)c1ccccc1)[C@@H](O)c1ccccc1. The molecule has 3 atom stereocenters. The predicted octanol–water partition coefficient (Wildman–Crippen LogP) is 7.45. The summed E-state index contributed by atoms with van der Waals surface area (Å²) in [5.74, 6) is 0. The van der Waals surface area contributed by atoms with Crippen molar-refractivity contribution in [3.8, 4) is 0 Å². The fraction of sp³-hybridized carbons (Fsp3) is 0.143. The lowest BCUT2D eigenvalue weighted by atomic mass is 9.98. The van der Waals surface area contributed by atoms with Gasteiger partial charge >= 0.3 is 0 Å². The zero-order valence-corrected chi connectivity index (χ0v) is 22.7. The van der Waals surface area contributed by atoms with E-state index in [1.165, 1.54) is 0 Å². The van der Waals surface area contributed by atoms with Gasteiger partial charge in [0.25, 0.3) is 0 Å². The molecule has 4 heteroatoms. The van der Waals surface area contributed by atoms with Crippen molar-refractivity contribution in [2.75, 3.05) is 0 Å². The molecule has 0 amide bonds. The van der Waals surface area contributed by atoms with Gasteiger partial charge in [0, 0.05) is 10.6 Å². The molecule has 0 aliphatic rings. The fourth-order valence-corrected chi connectivity index (χ4v) is 8.49. The highest BCUT2D eigenvalue weighted by Gasteiger charge is 2.43. The standard InChI is InChI=1S/C35H33O3P/c36-35(30-20-10-3-11-21-30)34(39(37,31-22-12-4-13-23-31)32-24-14-5-15-25-32)26-33(29-18-8-2-9-19-29)38-27-28-16-6-1-7-17-28/h1-25,33-36H,26-27H2/t33-,34+,35-/m0/s1. The van der Waals surface area contributed by atoms with Crippen LogP contribution in [-0.2, 0) is 15.9 Å². The third kappa shape index (κ3) is 6.29. The molecule has 0 saturated carbocycles. The summed E-state index contributed by atoms with van der Waals surface area (Å²) in [5.41, 5.74) is 2.16. The first-order valence-corrected chi connectivity index (χ1v) is 15.1. The van der Waals surface area contributed by atoms with Crippen LogP contribution in [0, 0.1) is 0 Å². The Hall–Kier alpha value is -3.75. The van der Waals surface area contributed by atoms with Crippen molar-refractivity contribution < 1.29 is 14.4 Å². The highest BCUT2D eigenvalue weighted by Crippen LogP contribution is 2.56. The average Bonchev–Trinajstić information content (AvgIpc) is 3.03. The first-order valence-electron chi connectivity index (χ1n) is 13.3. The number of hydrogen-bond donors (Lipinski definition) is 1. The molecule has 39 heavy (non-hydrogen) atoms. The van der Waals surface area contributed by atoms with Crippen molar-refractivity contribution in [1.29, 1.82) is 0 Å². The highest BCUT2D eigenvalue weighted by molar-refractivity contribution is 7.79. The monoisotopic (exact) mass is 532 g/mol. The van der Waals surface area contributed by atoms with Crippen LogP contribution in [0.2, 0.25) is 0 Å². The summed E-state index contributed by atoms with van der Waals surface area (Å²) < 4.78 is 22.1. The maximum atomic E-state index is 15.6. The zero-order valence-electron chi connectivity index (χ0n) is 21.8. The molecule has 5 rings (SSSR count). The van der Waals surface area contributed by atoms with Gasteiger partial charge in [-0.2, -0.15) is 0 Å². The number of benzene rings is 5. The van der Waals surface area contributed by atoms with Crippen LogP contribution < -0.4 is 10.6 Å². The Morgan fingerprint density at radius 1 is 0.564 bits per heavy atom. The molecule has 0 radical (unpaired) electrons. The molecule has 0 aliphatic carbocycles. The van der Waals surface area contributed by atoms with E-state index in [0.29, 0.717) is 13.0 Å². The summed E-state index contributed by atoms with van der Waals surface area (Å²) in [6.07, 6.45) is -0.979. The van der Waals surface area contributed by atoms with Crippen molar-refractivity contribution in [2.45, 2.75) is 30.9 Å². The second-order valence-corrected chi connectivity index (χ2v) is 12.7. The van der Waals surface area contributed by atoms with E-state index < -0.39 is 18.9 Å². The Labute approximate surface area is 231 Å². The average molecular weight is 533 g/mol. The van der Waals surface area contributed by atoms with Gasteiger partial charge in [0.2, 0.25) is 0 Å². The third-order valence-electron chi connectivity index (χ3n) is 7.17. The van der Waals surface area contributed by atoms with Crippen molar-refractivity contribution in [2.24, 2.45) is 0 Å². The van der Waals surface area contributed by atoms with Gasteiger partial charge in [-0.1, -0.05) is 152 Å². The van der Waals surface area contributed by atoms with E-state index in [2.05, 4.69) is 0 Å². The molecule has 0 heterocycles. The summed E-state index contributed by atoms with van der Waals surface area (Å²) in [6.45, 7) is 0.412. The molecule has 0 aromatic heterocycles. The van der Waals surface area contributed by atoms with E-state index in [0.717, 1.165) is 27.3 Å². The summed E-state index contributed by atoms with van der Waals surface area (Å²) in [7, 11) is -3.36. The van der Waals surface area contributed by atoms with E-state index in [1.54, 1.807) is 0 Å². The quantitative estimate of drug-likeness (QED) is 0.180. The minimum Gasteiger partial charge on any atom is -0.388 e. The van der Waals surface area contributed by atoms with E-state index in [1.807, 2.05) is 152 Å². The first kappa shape index (κ1) is 26.8. The molecule has 0 unspecified atom stereocenters. The van der Waals surface area contributed by atoms with Crippen LogP contribution in [0.4, 0.5) is 0 Å². The van der Waals surface area contributed by atoms with E-state index in [9.17, 15) is 5.11 Å². The summed E-state index contributed by atoms with van der Waals surface area (Å²) in [4.78, 5) is 0. The van der Waals surface area contributed by atoms with Gasteiger partial charge in [0.1, 0.15) is 7.14 Å². The number of aliphatic hydroxyl groups is 1. The smallest absolute Gasteiger partial charge is 0.149 e. The van der Waals surface area contributed by atoms with Crippen LogP contribution in [0.1, 0.15) is 35.3 Å². The molecule has 0 bridgehead atoms. The van der Waals surface area contributed by atoms with Crippen molar-refractivity contribution in [3.63, 3.8) is 0 Å². The van der Waals surface area contributed by atoms with E-state index in [-0.39, 0.29) is 6.10 Å². The lowest BCUT2D eigenvalue weighted by Crippen LogP contribution is -2.32. The fourth-order valence-electron chi connectivity index (χ4n) is 5.14. The molecule has 0 fully saturated rings. The zero-order chi connectivity index (χ0) is 26.9. The minimum absolute atomic E-state index is 0.369. The van der Waals surface area contributed by atoms with Crippen molar-refractivity contribution in [3.05, 3.63) is 168 Å². The minimum atomic E-state index is -3.36. The maximum Gasteiger partial charge on any atom is 0.149 e.